The summed E-state index contributed by atoms with van der Waals surface area (Å²) in [6.45, 7) is 1.41. The molecule has 1 aliphatic heterocycles. The zero-order valence-electron chi connectivity index (χ0n) is 16.3. The fourth-order valence-corrected chi connectivity index (χ4v) is 3.48. The molecule has 8 heteroatoms. The molecule has 0 atom stereocenters. The van der Waals surface area contributed by atoms with Crippen LogP contribution in [0.4, 0.5) is 5.69 Å². The molecule has 0 saturated carbocycles. The molecule has 0 fully saturated rings. The van der Waals surface area contributed by atoms with Crippen LogP contribution >= 0.6 is 23.2 Å². The van der Waals surface area contributed by atoms with Gasteiger partial charge in [-0.3, -0.25) is 9.59 Å². The highest BCUT2D eigenvalue weighted by Crippen LogP contribution is 2.23. The van der Waals surface area contributed by atoms with E-state index >= 15 is 0 Å². The number of rotatable bonds is 9. The quantitative estimate of drug-likeness (QED) is 0.510. The van der Waals surface area contributed by atoms with E-state index in [2.05, 4.69) is 10.6 Å². The molecule has 158 valence electrons. The number of carbonyl (C=O) groups excluding carboxylic acids is 2. The maximum absolute atomic E-state index is 12.4. The van der Waals surface area contributed by atoms with Crippen molar-refractivity contribution in [3.05, 3.63) is 75.5 Å². The van der Waals surface area contributed by atoms with E-state index in [4.69, 9.17) is 23.2 Å². The Kier molecular flexibility index (Phi) is 7.60. The van der Waals surface area contributed by atoms with Gasteiger partial charge in [-0.1, -0.05) is 47.5 Å². The summed E-state index contributed by atoms with van der Waals surface area (Å²) in [6, 6.07) is 15.1. The Morgan fingerprint density at radius 3 is 2.57 bits per heavy atom. The third-order valence-corrected chi connectivity index (χ3v) is 5.53. The third kappa shape index (κ3) is 5.68. The zero-order valence-corrected chi connectivity index (χ0v) is 17.8. The first-order valence-electron chi connectivity index (χ1n) is 9.68. The molecule has 3 N–H and O–H groups in total. The van der Waals surface area contributed by atoms with Crippen LogP contribution < -0.4 is 10.6 Å². The van der Waals surface area contributed by atoms with E-state index in [-0.39, 0.29) is 12.1 Å². The van der Waals surface area contributed by atoms with Gasteiger partial charge in [-0.05, 0) is 42.7 Å². The van der Waals surface area contributed by atoms with Crippen molar-refractivity contribution in [2.24, 2.45) is 0 Å². The normalized spacial score (nSPS) is 13.7. The van der Waals surface area contributed by atoms with E-state index in [1.807, 2.05) is 36.4 Å². The van der Waals surface area contributed by atoms with Crippen molar-refractivity contribution < 1.29 is 14.7 Å². The van der Waals surface area contributed by atoms with Gasteiger partial charge in [0.15, 0.2) is 5.76 Å². The number of anilines is 1. The number of halogens is 2. The maximum Gasteiger partial charge on any atom is 0.289 e. The number of aliphatic hydroxyl groups excluding tert-OH is 1. The van der Waals surface area contributed by atoms with Crippen LogP contribution in [0.1, 0.15) is 12.0 Å². The number of amides is 2. The number of nitrogens with one attached hydrogen (secondary N) is 2. The summed E-state index contributed by atoms with van der Waals surface area (Å²) in [5, 5.41) is 17.1. The summed E-state index contributed by atoms with van der Waals surface area (Å²) >= 11 is 11.9. The molecule has 0 unspecified atom stereocenters. The third-order valence-electron chi connectivity index (χ3n) is 4.80. The Hall–Kier alpha value is -2.70. The number of nitrogens with zero attached hydrogens (tertiary/aromatic N) is 1. The molecular formula is C22H23Cl2N3O3. The number of hydrogen-bond acceptors (Lipinski definition) is 4. The van der Waals surface area contributed by atoms with E-state index in [9.17, 15) is 14.7 Å². The van der Waals surface area contributed by atoms with Gasteiger partial charge in [0, 0.05) is 25.3 Å². The van der Waals surface area contributed by atoms with Gasteiger partial charge in [-0.2, -0.15) is 0 Å². The summed E-state index contributed by atoms with van der Waals surface area (Å²) in [5.74, 6) is -1.42. The molecule has 0 spiro atoms. The summed E-state index contributed by atoms with van der Waals surface area (Å²) in [4.78, 5) is 26.1. The molecule has 0 aliphatic carbocycles. The van der Waals surface area contributed by atoms with Crippen molar-refractivity contribution in [3.63, 3.8) is 0 Å². The summed E-state index contributed by atoms with van der Waals surface area (Å²) in [5.41, 5.74) is 2.07. The van der Waals surface area contributed by atoms with Crippen LogP contribution in [-0.4, -0.2) is 48.0 Å². The highest BCUT2D eigenvalue weighted by molar-refractivity contribution is 6.42. The minimum Gasteiger partial charge on any atom is -0.503 e. The number of para-hydroxylation sites is 1. The minimum atomic E-state index is -0.522. The second-order valence-corrected chi connectivity index (χ2v) is 7.77. The lowest BCUT2D eigenvalue weighted by atomic mass is 10.1. The van der Waals surface area contributed by atoms with Crippen LogP contribution in [0.25, 0.3) is 0 Å². The van der Waals surface area contributed by atoms with Crippen LogP contribution in [0.2, 0.25) is 10.0 Å². The average Bonchev–Trinajstić information content (AvgIpc) is 3.03. The maximum atomic E-state index is 12.4. The average molecular weight is 448 g/mol. The van der Waals surface area contributed by atoms with Gasteiger partial charge in [-0.25, -0.2) is 0 Å². The molecular weight excluding hydrogens is 425 g/mol. The van der Waals surface area contributed by atoms with Crippen molar-refractivity contribution in [3.8, 4) is 0 Å². The standard InChI is InChI=1S/C22H23Cl2N3O3/c23-18-9-8-15(13-19(18)24)5-4-10-26-21(29)17-14-27(22(30)20(17)28)12-11-25-16-6-2-1-3-7-16/h1-3,6-9,13,25,28H,4-5,10-12,14H2,(H,26,29). The van der Waals surface area contributed by atoms with Crippen LogP contribution in [0, 0.1) is 0 Å². The van der Waals surface area contributed by atoms with Gasteiger partial charge >= 0.3 is 0 Å². The van der Waals surface area contributed by atoms with Gasteiger partial charge in [0.1, 0.15) is 0 Å². The first kappa shape index (κ1) is 22.0. The van der Waals surface area contributed by atoms with E-state index in [1.165, 1.54) is 4.90 Å². The molecule has 30 heavy (non-hydrogen) atoms. The number of aliphatic hydroxyl groups is 1. The lowest BCUT2D eigenvalue weighted by Gasteiger charge is -2.17. The smallest absolute Gasteiger partial charge is 0.289 e. The van der Waals surface area contributed by atoms with Gasteiger partial charge in [-0.15, -0.1) is 0 Å². The molecule has 0 saturated heterocycles. The molecule has 0 bridgehead atoms. The molecule has 2 aromatic rings. The van der Waals surface area contributed by atoms with Gasteiger partial charge in [0.2, 0.25) is 0 Å². The fraction of sp³-hybridized carbons (Fsp3) is 0.273. The number of aryl methyl sites for hydroxylation is 1. The second kappa shape index (κ2) is 10.4. The number of benzene rings is 2. The van der Waals surface area contributed by atoms with Gasteiger partial charge < -0.3 is 20.6 Å². The summed E-state index contributed by atoms with van der Waals surface area (Å²) in [6.07, 6.45) is 1.41. The van der Waals surface area contributed by atoms with Crippen LogP contribution in [0.3, 0.4) is 0 Å². The van der Waals surface area contributed by atoms with Crippen molar-refractivity contribution in [2.45, 2.75) is 12.8 Å². The first-order valence-corrected chi connectivity index (χ1v) is 10.4. The molecule has 0 radical (unpaired) electrons. The lowest BCUT2D eigenvalue weighted by Crippen LogP contribution is -2.33. The molecule has 6 nitrogen and oxygen atoms in total. The Labute approximate surface area is 185 Å². The van der Waals surface area contributed by atoms with Crippen LogP contribution in [0.15, 0.2) is 59.9 Å². The van der Waals surface area contributed by atoms with Crippen molar-refractivity contribution in [2.75, 3.05) is 31.5 Å². The predicted octanol–water partition coefficient (Wildman–Crippen LogP) is 3.81. The highest BCUT2D eigenvalue weighted by Gasteiger charge is 2.33. The summed E-state index contributed by atoms with van der Waals surface area (Å²) < 4.78 is 0. The molecule has 0 aromatic heterocycles. The Morgan fingerprint density at radius 1 is 1.07 bits per heavy atom. The Balaban J connectivity index is 1.42. The first-order chi connectivity index (χ1) is 14.5. The van der Waals surface area contributed by atoms with Gasteiger partial charge in [0.25, 0.3) is 11.8 Å². The Bertz CT molecular complexity index is 948. The molecule has 1 aliphatic rings. The highest BCUT2D eigenvalue weighted by atomic mass is 35.5. The topological polar surface area (TPSA) is 81.7 Å². The van der Waals surface area contributed by atoms with E-state index in [0.717, 1.165) is 17.7 Å². The molecule has 2 aromatic carbocycles. The minimum absolute atomic E-state index is 0.0970. The van der Waals surface area contributed by atoms with Crippen molar-refractivity contribution in [1.82, 2.24) is 10.2 Å². The van der Waals surface area contributed by atoms with Crippen LogP contribution in [-0.2, 0) is 16.0 Å². The van der Waals surface area contributed by atoms with E-state index < -0.39 is 17.6 Å². The predicted molar refractivity (Wildman–Crippen MR) is 119 cm³/mol. The lowest BCUT2D eigenvalue weighted by molar-refractivity contribution is -0.127. The van der Waals surface area contributed by atoms with Crippen LogP contribution in [0.5, 0.6) is 0 Å². The SMILES string of the molecule is O=C(NCCCc1ccc(Cl)c(Cl)c1)C1=C(O)C(=O)N(CCNc2ccccc2)C1. The summed E-state index contributed by atoms with van der Waals surface area (Å²) in [7, 11) is 0. The monoisotopic (exact) mass is 447 g/mol. The molecule has 1 heterocycles. The number of carbonyl (C=O) groups is 2. The van der Waals surface area contributed by atoms with Crippen molar-refractivity contribution >= 4 is 40.7 Å². The fourth-order valence-electron chi connectivity index (χ4n) is 3.16. The zero-order chi connectivity index (χ0) is 21.5. The largest absolute Gasteiger partial charge is 0.503 e. The molecule has 3 rings (SSSR count). The Morgan fingerprint density at radius 2 is 1.83 bits per heavy atom. The number of hydrogen-bond donors (Lipinski definition) is 3. The van der Waals surface area contributed by atoms with Crippen molar-refractivity contribution in [1.29, 1.82) is 0 Å². The van der Waals surface area contributed by atoms with E-state index in [0.29, 0.717) is 36.1 Å². The van der Waals surface area contributed by atoms with E-state index in [1.54, 1.807) is 12.1 Å². The second-order valence-electron chi connectivity index (χ2n) is 6.95. The molecule has 2 amide bonds. The van der Waals surface area contributed by atoms with Gasteiger partial charge in [0.05, 0.1) is 22.2 Å².